The number of ether oxygens (including phenoxy) is 1. The molecule has 2 amide bonds. The van der Waals surface area contributed by atoms with Crippen molar-refractivity contribution in [2.45, 2.75) is 55.9 Å². The zero-order valence-corrected chi connectivity index (χ0v) is 20.7. The van der Waals surface area contributed by atoms with Gasteiger partial charge in [-0.15, -0.1) is 0 Å². The van der Waals surface area contributed by atoms with Crippen molar-refractivity contribution >= 4 is 27.6 Å². The Kier molecular flexibility index (Phi) is 6.66. The first kappa shape index (κ1) is 24.6. The van der Waals surface area contributed by atoms with Gasteiger partial charge in [0, 0.05) is 44.5 Å². The van der Waals surface area contributed by atoms with Crippen molar-refractivity contribution in [1.29, 1.82) is 0 Å². The lowest BCUT2D eigenvalue weighted by Crippen LogP contribution is -2.53. The maximum atomic E-state index is 13.6. The number of likely N-dealkylation sites (tertiary alicyclic amines) is 1. The fourth-order valence-electron chi connectivity index (χ4n) is 5.10. The van der Waals surface area contributed by atoms with Gasteiger partial charge in [0.15, 0.2) is 5.78 Å². The van der Waals surface area contributed by atoms with Crippen molar-refractivity contribution in [1.82, 2.24) is 19.5 Å². The molecule has 2 aromatic heterocycles. The number of Topliss-reactive ketones (excluding diaryl/α,β-unsaturated/α-hetero) is 1. The minimum atomic E-state index is -3.84. The average molecular weight is 517 g/mol. The van der Waals surface area contributed by atoms with Gasteiger partial charge in [-0.2, -0.15) is 4.31 Å². The number of pyridine rings is 1. The van der Waals surface area contributed by atoms with E-state index < -0.39 is 33.9 Å². The van der Waals surface area contributed by atoms with Crippen molar-refractivity contribution in [3.8, 4) is 0 Å². The van der Waals surface area contributed by atoms with E-state index >= 15 is 0 Å². The van der Waals surface area contributed by atoms with E-state index in [1.165, 1.54) is 22.2 Å². The van der Waals surface area contributed by atoms with E-state index in [4.69, 9.17) is 9.15 Å². The van der Waals surface area contributed by atoms with Crippen LogP contribution in [-0.2, 0) is 30.8 Å². The molecule has 1 N–H and O–H groups in total. The van der Waals surface area contributed by atoms with Crippen LogP contribution < -0.4 is 5.32 Å². The first-order valence-electron chi connectivity index (χ1n) is 12.0. The van der Waals surface area contributed by atoms with Crippen LogP contribution in [0.15, 0.2) is 40.1 Å². The number of hydrogen-bond donors (Lipinski definition) is 1. The summed E-state index contributed by atoms with van der Waals surface area (Å²) < 4.78 is 38.1. The predicted octanol–water partition coefficient (Wildman–Crippen LogP) is 0.677. The summed E-state index contributed by atoms with van der Waals surface area (Å²) in [5, 5.41) is 2.47. The molecule has 5 heterocycles. The number of aryl methyl sites for hydroxylation is 1. The number of aromatic nitrogens is 1. The smallest absolute Gasteiger partial charge is 0.276 e. The largest absolute Gasteiger partial charge is 0.448 e. The molecule has 3 aliphatic rings. The SMILES string of the molecule is Cc1oc(S(=O)(=O)N2CCCC2)cc1C(=O)NC(Cc1ccncc1)C(=O)N1CCC2OCC(=O)C21. The molecule has 0 aromatic carbocycles. The standard InChI is InChI=1S/C24H28N4O7S/c1-15-17(13-21(35-15)36(32,33)27-9-2-3-10-27)23(30)26-18(12-16-4-7-25-8-5-16)24(31)28-11-6-20-22(28)19(29)14-34-20/h4-5,7-8,13,18,20,22H,2-3,6,9-12,14H2,1H3,(H,26,30). The molecule has 3 aliphatic heterocycles. The molecule has 0 aliphatic carbocycles. The Bertz CT molecular complexity index is 1270. The van der Waals surface area contributed by atoms with Crippen LogP contribution in [0.3, 0.4) is 0 Å². The van der Waals surface area contributed by atoms with E-state index in [2.05, 4.69) is 10.3 Å². The lowest BCUT2D eigenvalue weighted by molar-refractivity contribution is -0.138. The summed E-state index contributed by atoms with van der Waals surface area (Å²) in [7, 11) is -3.84. The number of hydrogen-bond acceptors (Lipinski definition) is 8. The van der Waals surface area contributed by atoms with Gasteiger partial charge in [0.05, 0.1) is 11.7 Å². The van der Waals surface area contributed by atoms with Crippen LogP contribution in [0.4, 0.5) is 0 Å². The van der Waals surface area contributed by atoms with Gasteiger partial charge in [0.25, 0.3) is 15.9 Å². The van der Waals surface area contributed by atoms with Crippen LogP contribution in [0.2, 0.25) is 0 Å². The lowest BCUT2D eigenvalue weighted by atomic mass is 10.0. The van der Waals surface area contributed by atoms with E-state index in [0.29, 0.717) is 26.1 Å². The zero-order valence-electron chi connectivity index (χ0n) is 19.9. The highest BCUT2D eigenvalue weighted by molar-refractivity contribution is 7.89. The normalized spacial score (nSPS) is 23.1. The molecular formula is C24H28N4O7S. The number of carbonyl (C=O) groups is 3. The fourth-order valence-corrected chi connectivity index (χ4v) is 6.59. The van der Waals surface area contributed by atoms with Crippen molar-refractivity contribution in [2.75, 3.05) is 26.2 Å². The summed E-state index contributed by atoms with van der Waals surface area (Å²) in [6.45, 7) is 2.66. The number of sulfonamides is 1. The van der Waals surface area contributed by atoms with Gasteiger partial charge in [0.2, 0.25) is 11.0 Å². The molecular weight excluding hydrogens is 488 g/mol. The van der Waals surface area contributed by atoms with Crippen LogP contribution in [0.25, 0.3) is 0 Å². The highest BCUT2D eigenvalue weighted by Gasteiger charge is 2.48. The molecule has 0 bridgehead atoms. The third-order valence-electron chi connectivity index (χ3n) is 6.99. The van der Waals surface area contributed by atoms with Gasteiger partial charge in [0.1, 0.15) is 24.5 Å². The Morgan fingerprint density at radius 1 is 1.19 bits per heavy atom. The number of nitrogens with zero attached hydrogens (tertiary/aromatic N) is 3. The number of nitrogens with one attached hydrogen (secondary N) is 1. The fraction of sp³-hybridized carbons (Fsp3) is 0.500. The minimum absolute atomic E-state index is 0.0248. The van der Waals surface area contributed by atoms with Crippen LogP contribution in [0.5, 0.6) is 0 Å². The summed E-state index contributed by atoms with van der Waals surface area (Å²) in [5.41, 5.74) is 0.814. The Morgan fingerprint density at radius 2 is 1.92 bits per heavy atom. The number of ketones is 1. The van der Waals surface area contributed by atoms with Crippen LogP contribution >= 0.6 is 0 Å². The van der Waals surface area contributed by atoms with E-state index in [-0.39, 0.29) is 41.3 Å². The predicted molar refractivity (Wildman–Crippen MR) is 125 cm³/mol. The Labute approximate surface area is 208 Å². The Balaban J connectivity index is 1.39. The second-order valence-electron chi connectivity index (χ2n) is 9.31. The number of carbonyl (C=O) groups excluding carboxylic acids is 3. The van der Waals surface area contributed by atoms with Gasteiger partial charge in [-0.05, 0) is 43.9 Å². The number of rotatable bonds is 7. The Morgan fingerprint density at radius 3 is 2.64 bits per heavy atom. The highest BCUT2D eigenvalue weighted by Crippen LogP contribution is 2.29. The van der Waals surface area contributed by atoms with E-state index in [9.17, 15) is 22.8 Å². The average Bonchev–Trinajstić information content (AvgIpc) is 3.65. The maximum Gasteiger partial charge on any atom is 0.276 e. The van der Waals surface area contributed by atoms with Gasteiger partial charge >= 0.3 is 0 Å². The van der Waals surface area contributed by atoms with Crippen LogP contribution in [0, 0.1) is 6.92 Å². The molecule has 36 heavy (non-hydrogen) atoms. The zero-order chi connectivity index (χ0) is 25.4. The molecule has 3 atom stereocenters. The molecule has 12 heteroatoms. The van der Waals surface area contributed by atoms with Crippen LogP contribution in [0.1, 0.15) is 40.9 Å². The first-order valence-corrected chi connectivity index (χ1v) is 13.4. The number of amides is 2. The monoisotopic (exact) mass is 516 g/mol. The summed E-state index contributed by atoms with van der Waals surface area (Å²) in [6, 6.07) is 3.06. The maximum absolute atomic E-state index is 13.6. The number of fused-ring (bicyclic) bond motifs is 1. The third kappa shape index (κ3) is 4.56. The second-order valence-corrected chi connectivity index (χ2v) is 11.2. The molecule has 2 aromatic rings. The minimum Gasteiger partial charge on any atom is -0.448 e. The van der Waals surface area contributed by atoms with Gasteiger partial charge in [-0.25, -0.2) is 8.42 Å². The molecule has 11 nitrogen and oxygen atoms in total. The summed E-state index contributed by atoms with van der Waals surface area (Å²) in [5.74, 6) is -1.03. The second kappa shape index (κ2) is 9.75. The van der Waals surface area contributed by atoms with E-state index in [1.807, 2.05) is 0 Å². The number of furan rings is 1. The third-order valence-corrected chi connectivity index (χ3v) is 8.74. The molecule has 192 valence electrons. The molecule has 0 radical (unpaired) electrons. The topological polar surface area (TPSA) is 139 Å². The first-order chi connectivity index (χ1) is 17.3. The quantitative estimate of drug-likeness (QED) is 0.567. The van der Waals surface area contributed by atoms with E-state index in [1.54, 1.807) is 24.5 Å². The summed E-state index contributed by atoms with van der Waals surface area (Å²) in [4.78, 5) is 44.7. The van der Waals surface area contributed by atoms with Crippen molar-refractivity contribution in [3.63, 3.8) is 0 Å². The Hall–Kier alpha value is -3.09. The molecule has 3 saturated heterocycles. The molecule has 0 saturated carbocycles. The summed E-state index contributed by atoms with van der Waals surface area (Å²) >= 11 is 0. The highest BCUT2D eigenvalue weighted by atomic mass is 32.2. The summed E-state index contributed by atoms with van der Waals surface area (Å²) in [6.07, 6.45) is 5.13. The van der Waals surface area contributed by atoms with E-state index in [0.717, 1.165) is 18.4 Å². The van der Waals surface area contributed by atoms with Crippen molar-refractivity contribution < 1.29 is 32.0 Å². The van der Waals surface area contributed by atoms with Gasteiger partial charge in [-0.1, -0.05) is 0 Å². The molecule has 5 rings (SSSR count). The molecule has 0 spiro atoms. The lowest BCUT2D eigenvalue weighted by Gasteiger charge is -2.27. The van der Waals surface area contributed by atoms with Crippen molar-refractivity contribution in [2.24, 2.45) is 0 Å². The van der Waals surface area contributed by atoms with Crippen LogP contribution in [-0.4, -0.2) is 84.6 Å². The molecule has 3 unspecified atom stereocenters. The molecule has 3 fully saturated rings. The van der Waals surface area contributed by atoms with Crippen molar-refractivity contribution in [3.05, 3.63) is 47.5 Å². The van der Waals surface area contributed by atoms with Gasteiger partial charge in [-0.3, -0.25) is 19.4 Å². The van der Waals surface area contributed by atoms with Gasteiger partial charge < -0.3 is 19.4 Å².